The highest BCUT2D eigenvalue weighted by Crippen LogP contribution is 2.26. The molecule has 1 aromatic heterocycles. The van der Waals surface area contributed by atoms with Crippen LogP contribution in [0, 0.1) is 11.7 Å². The zero-order chi connectivity index (χ0) is 20.8. The Morgan fingerprint density at radius 1 is 1.07 bits per heavy atom. The molecule has 3 aromatic rings. The van der Waals surface area contributed by atoms with E-state index in [9.17, 15) is 9.50 Å². The van der Waals surface area contributed by atoms with Crippen LogP contribution in [0.1, 0.15) is 13.8 Å². The number of hydrogen-bond acceptors (Lipinski definition) is 6. The van der Waals surface area contributed by atoms with Gasteiger partial charge in [-0.1, -0.05) is 44.2 Å². The maximum absolute atomic E-state index is 14.0. The number of rotatable bonds is 8. The van der Waals surface area contributed by atoms with E-state index in [1.807, 2.05) is 44.2 Å². The largest absolute Gasteiger partial charge is 0.494 e. The van der Waals surface area contributed by atoms with Gasteiger partial charge in [-0.25, -0.2) is 9.37 Å². The zero-order valence-corrected chi connectivity index (χ0v) is 16.7. The van der Waals surface area contributed by atoms with E-state index < -0.39 is 5.82 Å². The molecule has 0 aliphatic heterocycles. The summed E-state index contributed by atoms with van der Waals surface area (Å²) in [6, 6.07) is 15.9. The normalized spacial score (nSPS) is 11.9. The molecule has 0 aliphatic carbocycles. The Labute approximate surface area is 169 Å². The average Bonchev–Trinajstić information content (AvgIpc) is 2.72. The third kappa shape index (κ3) is 5.20. The molecular formula is C22H25FN4O2. The van der Waals surface area contributed by atoms with Gasteiger partial charge in [0.1, 0.15) is 5.82 Å². The molecule has 0 amide bonds. The Kier molecular flexibility index (Phi) is 6.61. The lowest BCUT2D eigenvalue weighted by atomic mass is 10.1. The molecule has 1 atom stereocenters. The maximum atomic E-state index is 14.0. The van der Waals surface area contributed by atoms with Gasteiger partial charge in [0.25, 0.3) is 0 Å². The van der Waals surface area contributed by atoms with Crippen molar-refractivity contribution in [3.63, 3.8) is 0 Å². The molecule has 0 bridgehead atoms. The van der Waals surface area contributed by atoms with Crippen molar-refractivity contribution in [1.82, 2.24) is 9.97 Å². The number of anilines is 3. The minimum Gasteiger partial charge on any atom is -0.494 e. The molecule has 1 heterocycles. The van der Waals surface area contributed by atoms with Crippen LogP contribution in [0.3, 0.4) is 0 Å². The highest BCUT2D eigenvalue weighted by molar-refractivity contribution is 5.67. The van der Waals surface area contributed by atoms with Crippen LogP contribution in [0.15, 0.2) is 54.6 Å². The second-order valence-corrected chi connectivity index (χ2v) is 6.98. The van der Waals surface area contributed by atoms with Crippen LogP contribution in [0.25, 0.3) is 11.3 Å². The van der Waals surface area contributed by atoms with Crippen molar-refractivity contribution >= 4 is 17.5 Å². The number of methoxy groups -OCH3 is 1. The van der Waals surface area contributed by atoms with Crippen molar-refractivity contribution in [2.75, 3.05) is 24.4 Å². The molecule has 0 saturated heterocycles. The third-order valence-corrected chi connectivity index (χ3v) is 4.54. The van der Waals surface area contributed by atoms with Gasteiger partial charge in [-0.15, -0.1) is 0 Å². The second kappa shape index (κ2) is 9.34. The zero-order valence-electron chi connectivity index (χ0n) is 16.7. The summed E-state index contributed by atoms with van der Waals surface area (Å²) in [5.41, 5.74) is 2.17. The van der Waals surface area contributed by atoms with Gasteiger partial charge < -0.3 is 20.5 Å². The minimum atomic E-state index is -0.465. The lowest BCUT2D eigenvalue weighted by Crippen LogP contribution is -2.30. The molecule has 29 heavy (non-hydrogen) atoms. The standard InChI is InChI=1S/C22H25FN4O2/c1-14(2)19(13-28)26-22-25-18(15-7-5-4-6-8-15)12-21(27-22)24-16-9-10-20(29-3)17(23)11-16/h4-12,14,19,28H,13H2,1-3H3,(H2,24,25,26,27)/t19-/m0/s1. The summed E-state index contributed by atoms with van der Waals surface area (Å²) in [6.07, 6.45) is 0. The highest BCUT2D eigenvalue weighted by Gasteiger charge is 2.15. The predicted octanol–water partition coefficient (Wildman–Crippen LogP) is 4.46. The molecule has 7 heteroatoms. The summed E-state index contributed by atoms with van der Waals surface area (Å²) in [7, 11) is 1.42. The lowest BCUT2D eigenvalue weighted by molar-refractivity contribution is 0.248. The molecule has 0 aliphatic rings. The fourth-order valence-electron chi connectivity index (χ4n) is 2.81. The van der Waals surface area contributed by atoms with Crippen LogP contribution in [-0.2, 0) is 0 Å². The van der Waals surface area contributed by atoms with Gasteiger partial charge in [0.05, 0.1) is 25.5 Å². The molecule has 3 rings (SSSR count). The van der Waals surface area contributed by atoms with Crippen molar-refractivity contribution < 1.29 is 14.2 Å². The Hall–Kier alpha value is -3.19. The number of halogens is 1. The van der Waals surface area contributed by atoms with E-state index in [1.54, 1.807) is 18.2 Å². The van der Waals surface area contributed by atoms with Crippen molar-refractivity contribution in [3.05, 3.63) is 60.4 Å². The molecule has 152 valence electrons. The Balaban J connectivity index is 1.96. The maximum Gasteiger partial charge on any atom is 0.225 e. The third-order valence-electron chi connectivity index (χ3n) is 4.54. The molecule has 0 unspecified atom stereocenters. The second-order valence-electron chi connectivity index (χ2n) is 6.98. The molecule has 0 radical (unpaired) electrons. The number of aliphatic hydroxyl groups is 1. The summed E-state index contributed by atoms with van der Waals surface area (Å²) in [6.45, 7) is 3.98. The van der Waals surface area contributed by atoms with Gasteiger partial charge in [0.2, 0.25) is 5.95 Å². The van der Waals surface area contributed by atoms with E-state index in [0.29, 0.717) is 23.1 Å². The van der Waals surface area contributed by atoms with Crippen LogP contribution in [0.5, 0.6) is 5.75 Å². The van der Waals surface area contributed by atoms with E-state index in [-0.39, 0.29) is 24.3 Å². The molecule has 6 nitrogen and oxygen atoms in total. The van der Waals surface area contributed by atoms with E-state index in [4.69, 9.17) is 4.74 Å². The number of aromatic nitrogens is 2. The number of aliphatic hydroxyl groups excluding tert-OH is 1. The molecule has 0 spiro atoms. The van der Waals surface area contributed by atoms with Gasteiger partial charge in [0.15, 0.2) is 11.6 Å². The minimum absolute atomic E-state index is 0.0386. The molecular weight excluding hydrogens is 371 g/mol. The smallest absolute Gasteiger partial charge is 0.225 e. The van der Waals surface area contributed by atoms with Gasteiger partial charge in [-0.2, -0.15) is 4.98 Å². The van der Waals surface area contributed by atoms with E-state index in [1.165, 1.54) is 13.2 Å². The molecule has 2 aromatic carbocycles. The van der Waals surface area contributed by atoms with Crippen LogP contribution >= 0.6 is 0 Å². The summed E-state index contributed by atoms with van der Waals surface area (Å²) in [5, 5.41) is 15.9. The number of nitrogens with one attached hydrogen (secondary N) is 2. The SMILES string of the molecule is COc1ccc(Nc2cc(-c3ccccc3)nc(N[C@@H](CO)C(C)C)n2)cc1F. The van der Waals surface area contributed by atoms with Gasteiger partial charge >= 0.3 is 0 Å². The van der Waals surface area contributed by atoms with Gasteiger partial charge in [0, 0.05) is 23.4 Å². The summed E-state index contributed by atoms with van der Waals surface area (Å²) in [5.74, 6) is 0.791. The number of hydrogen-bond donors (Lipinski definition) is 3. The average molecular weight is 396 g/mol. The van der Waals surface area contributed by atoms with Gasteiger partial charge in [-0.05, 0) is 18.1 Å². The molecule has 0 saturated carbocycles. The van der Waals surface area contributed by atoms with Crippen LogP contribution in [0.2, 0.25) is 0 Å². The van der Waals surface area contributed by atoms with Gasteiger partial charge in [-0.3, -0.25) is 0 Å². The van der Waals surface area contributed by atoms with Crippen LogP contribution in [0.4, 0.5) is 21.8 Å². The van der Waals surface area contributed by atoms with Crippen LogP contribution < -0.4 is 15.4 Å². The number of ether oxygens (including phenoxy) is 1. The van der Waals surface area contributed by atoms with Crippen molar-refractivity contribution in [2.45, 2.75) is 19.9 Å². The fraction of sp³-hybridized carbons (Fsp3) is 0.273. The molecule has 0 fully saturated rings. The number of nitrogens with zero attached hydrogens (tertiary/aromatic N) is 2. The first-order valence-electron chi connectivity index (χ1n) is 9.42. The Morgan fingerprint density at radius 3 is 2.45 bits per heavy atom. The van der Waals surface area contributed by atoms with Crippen LogP contribution in [-0.4, -0.2) is 34.8 Å². The lowest BCUT2D eigenvalue weighted by Gasteiger charge is -2.20. The number of benzene rings is 2. The first-order chi connectivity index (χ1) is 14.0. The summed E-state index contributed by atoms with van der Waals surface area (Å²) in [4.78, 5) is 9.09. The highest BCUT2D eigenvalue weighted by atomic mass is 19.1. The van der Waals surface area contributed by atoms with Crippen molar-refractivity contribution in [1.29, 1.82) is 0 Å². The Bertz CT molecular complexity index is 951. The van der Waals surface area contributed by atoms with Crippen molar-refractivity contribution in [3.8, 4) is 17.0 Å². The summed E-state index contributed by atoms with van der Waals surface area (Å²) < 4.78 is 19.0. The molecule has 3 N–H and O–H groups in total. The quantitative estimate of drug-likeness (QED) is 0.522. The monoisotopic (exact) mass is 396 g/mol. The van der Waals surface area contributed by atoms with E-state index in [2.05, 4.69) is 20.6 Å². The topological polar surface area (TPSA) is 79.3 Å². The Morgan fingerprint density at radius 2 is 1.83 bits per heavy atom. The van der Waals surface area contributed by atoms with E-state index >= 15 is 0 Å². The van der Waals surface area contributed by atoms with E-state index in [0.717, 1.165) is 5.56 Å². The summed E-state index contributed by atoms with van der Waals surface area (Å²) >= 11 is 0. The first-order valence-corrected chi connectivity index (χ1v) is 9.42. The predicted molar refractivity (Wildman–Crippen MR) is 113 cm³/mol. The fourth-order valence-corrected chi connectivity index (χ4v) is 2.81. The van der Waals surface area contributed by atoms with Crippen molar-refractivity contribution in [2.24, 2.45) is 5.92 Å². The first kappa shape index (κ1) is 20.5.